The second kappa shape index (κ2) is 13.7. The van der Waals surface area contributed by atoms with Crippen LogP contribution in [0.4, 0.5) is 10.8 Å². The van der Waals surface area contributed by atoms with Gasteiger partial charge in [0.15, 0.2) is 5.13 Å². The molecule has 1 aromatic heterocycles. The summed E-state index contributed by atoms with van der Waals surface area (Å²) in [5.74, 6) is -1.04. The Morgan fingerprint density at radius 3 is 2.22 bits per heavy atom. The lowest BCUT2D eigenvalue weighted by Gasteiger charge is -2.16. The molecule has 1 heterocycles. The zero-order valence-electron chi connectivity index (χ0n) is 24.5. The van der Waals surface area contributed by atoms with Crippen molar-refractivity contribution in [2.75, 3.05) is 17.7 Å². The van der Waals surface area contributed by atoms with Gasteiger partial charge >= 0.3 is 5.97 Å². The summed E-state index contributed by atoms with van der Waals surface area (Å²) < 4.78 is 5.46. The molecular weight excluding hydrogens is 619 g/mol. The number of hydrogen-bond donors (Lipinski definition) is 3. The number of nitrogens with zero attached hydrogens (tertiary/aromatic N) is 1. The van der Waals surface area contributed by atoms with Crippen molar-refractivity contribution in [2.24, 2.45) is 0 Å². The number of nitrogens with one attached hydrogen (secondary N) is 2. The molecule has 10 heteroatoms. The van der Waals surface area contributed by atoms with E-state index in [-0.39, 0.29) is 17.0 Å². The Morgan fingerprint density at radius 2 is 1.50 bits per heavy atom. The van der Waals surface area contributed by atoms with Gasteiger partial charge in [-0.15, -0.1) is 23.1 Å². The number of amides is 2. The first kappa shape index (κ1) is 30.6. The van der Waals surface area contributed by atoms with Gasteiger partial charge in [0.1, 0.15) is 11.0 Å². The number of methoxy groups -OCH3 is 1. The number of aromatic nitrogens is 1. The standard InChI is InChI=1S/C36H27N3O5S2/c1-44-30-16-6-5-13-26(30)29-21-45-36(38-29)39-34(41)32(23-9-3-2-4-10-23)46-25-19-17-24(18-20-25)37-33(40)27-14-7-11-22-12-8-15-28(31(22)27)35(42)43/h2-21,32H,1H3,(H,37,40)(H,42,43)(H,38,39,41). The van der Waals surface area contributed by atoms with Gasteiger partial charge in [-0.3, -0.25) is 9.59 Å². The third-order valence-electron chi connectivity index (χ3n) is 7.20. The number of rotatable bonds is 10. The predicted octanol–water partition coefficient (Wildman–Crippen LogP) is 8.39. The summed E-state index contributed by atoms with van der Waals surface area (Å²) in [6.07, 6.45) is 0. The van der Waals surface area contributed by atoms with Crippen molar-refractivity contribution >= 4 is 62.5 Å². The van der Waals surface area contributed by atoms with E-state index >= 15 is 0 Å². The molecule has 2 amide bonds. The van der Waals surface area contributed by atoms with Crippen LogP contribution in [-0.4, -0.2) is 35.0 Å². The molecule has 228 valence electrons. The van der Waals surface area contributed by atoms with E-state index < -0.39 is 17.1 Å². The van der Waals surface area contributed by atoms with Crippen LogP contribution in [0.1, 0.15) is 31.5 Å². The summed E-state index contributed by atoms with van der Waals surface area (Å²) in [6, 6.07) is 34.3. The molecule has 6 aromatic rings. The molecule has 0 bridgehead atoms. The number of para-hydroxylation sites is 1. The number of anilines is 2. The van der Waals surface area contributed by atoms with Crippen LogP contribution in [0.5, 0.6) is 5.75 Å². The average molecular weight is 646 g/mol. The van der Waals surface area contributed by atoms with Gasteiger partial charge in [-0.05, 0) is 59.5 Å². The number of fused-ring (bicyclic) bond motifs is 1. The summed E-state index contributed by atoms with van der Waals surface area (Å²) in [6.45, 7) is 0. The lowest BCUT2D eigenvalue weighted by atomic mass is 9.98. The maximum absolute atomic E-state index is 13.6. The van der Waals surface area contributed by atoms with E-state index in [2.05, 4.69) is 15.6 Å². The topological polar surface area (TPSA) is 118 Å². The molecule has 8 nitrogen and oxygen atoms in total. The quantitative estimate of drug-likeness (QED) is 0.128. The highest BCUT2D eigenvalue weighted by atomic mass is 32.2. The molecule has 0 radical (unpaired) electrons. The highest BCUT2D eigenvalue weighted by Gasteiger charge is 2.24. The number of thiazole rings is 1. The highest BCUT2D eigenvalue weighted by Crippen LogP contribution is 2.38. The molecule has 5 aromatic carbocycles. The summed E-state index contributed by atoms with van der Waals surface area (Å²) in [4.78, 5) is 44.2. The Kier molecular flexibility index (Phi) is 9.09. The molecule has 0 saturated carbocycles. The zero-order valence-corrected chi connectivity index (χ0v) is 26.1. The van der Waals surface area contributed by atoms with E-state index in [1.54, 1.807) is 49.6 Å². The van der Waals surface area contributed by atoms with Crippen molar-refractivity contribution in [1.82, 2.24) is 4.98 Å². The van der Waals surface area contributed by atoms with Crippen LogP contribution >= 0.6 is 23.1 Å². The molecule has 6 rings (SSSR count). The largest absolute Gasteiger partial charge is 0.496 e. The molecule has 1 atom stereocenters. The van der Waals surface area contributed by atoms with Crippen LogP contribution in [-0.2, 0) is 4.79 Å². The fourth-order valence-corrected chi connectivity index (χ4v) is 6.78. The van der Waals surface area contributed by atoms with Gasteiger partial charge in [0.2, 0.25) is 5.91 Å². The molecule has 0 aliphatic heterocycles. The second-order valence-electron chi connectivity index (χ2n) is 10.1. The zero-order chi connectivity index (χ0) is 32.0. The molecule has 0 aliphatic rings. The van der Waals surface area contributed by atoms with E-state index in [0.717, 1.165) is 16.0 Å². The second-order valence-corrected chi connectivity index (χ2v) is 12.2. The molecule has 0 saturated heterocycles. The van der Waals surface area contributed by atoms with E-state index in [0.29, 0.717) is 33.0 Å². The van der Waals surface area contributed by atoms with Gasteiger partial charge in [-0.2, -0.15) is 0 Å². The normalized spacial score (nSPS) is 11.5. The summed E-state index contributed by atoms with van der Waals surface area (Å²) in [7, 11) is 1.61. The number of carboxylic acid groups (broad SMARTS) is 1. The maximum Gasteiger partial charge on any atom is 0.336 e. The number of ether oxygens (including phenoxy) is 1. The highest BCUT2D eigenvalue weighted by molar-refractivity contribution is 8.00. The lowest BCUT2D eigenvalue weighted by molar-refractivity contribution is -0.115. The molecular formula is C36H27N3O5S2. The summed E-state index contributed by atoms with van der Waals surface area (Å²) >= 11 is 2.72. The number of aromatic carboxylic acids is 1. The van der Waals surface area contributed by atoms with Crippen LogP contribution in [0.2, 0.25) is 0 Å². The fraction of sp³-hybridized carbons (Fsp3) is 0.0556. The van der Waals surface area contributed by atoms with Crippen molar-refractivity contribution in [3.05, 3.63) is 137 Å². The van der Waals surface area contributed by atoms with Crippen LogP contribution < -0.4 is 15.4 Å². The first-order valence-electron chi connectivity index (χ1n) is 14.2. The number of carboxylic acids is 1. The van der Waals surface area contributed by atoms with Crippen molar-refractivity contribution in [3.8, 4) is 17.0 Å². The number of carbonyl (C=O) groups is 3. The first-order chi connectivity index (χ1) is 22.4. The smallest absolute Gasteiger partial charge is 0.336 e. The minimum atomic E-state index is -1.10. The minimum absolute atomic E-state index is 0.0639. The van der Waals surface area contributed by atoms with Gasteiger partial charge in [-0.25, -0.2) is 9.78 Å². The van der Waals surface area contributed by atoms with Crippen molar-refractivity contribution in [3.63, 3.8) is 0 Å². The van der Waals surface area contributed by atoms with E-state index in [4.69, 9.17) is 4.74 Å². The predicted molar refractivity (Wildman–Crippen MR) is 183 cm³/mol. The third-order valence-corrected chi connectivity index (χ3v) is 9.23. The molecule has 46 heavy (non-hydrogen) atoms. The number of carbonyl (C=O) groups excluding carboxylic acids is 2. The van der Waals surface area contributed by atoms with E-state index in [1.807, 2.05) is 72.1 Å². The van der Waals surface area contributed by atoms with Crippen molar-refractivity contribution < 1.29 is 24.2 Å². The number of hydrogen-bond acceptors (Lipinski definition) is 7. The Balaban J connectivity index is 1.19. The Morgan fingerprint density at radius 1 is 0.804 bits per heavy atom. The number of benzene rings is 5. The van der Waals surface area contributed by atoms with Crippen LogP contribution in [0.25, 0.3) is 22.0 Å². The van der Waals surface area contributed by atoms with Gasteiger partial charge in [0.05, 0.1) is 18.4 Å². The first-order valence-corrected chi connectivity index (χ1v) is 15.9. The molecule has 1 unspecified atom stereocenters. The summed E-state index contributed by atoms with van der Waals surface area (Å²) in [5, 5.41) is 18.4. The Labute approximate surface area is 273 Å². The van der Waals surface area contributed by atoms with Crippen LogP contribution in [0.3, 0.4) is 0 Å². The monoisotopic (exact) mass is 645 g/mol. The van der Waals surface area contributed by atoms with Crippen molar-refractivity contribution in [2.45, 2.75) is 10.1 Å². The fourth-order valence-electron chi connectivity index (χ4n) is 5.04. The molecule has 0 spiro atoms. The van der Waals surface area contributed by atoms with Gasteiger partial charge in [-0.1, -0.05) is 66.7 Å². The average Bonchev–Trinajstić information content (AvgIpc) is 3.55. The van der Waals surface area contributed by atoms with Crippen LogP contribution in [0, 0.1) is 0 Å². The number of thioether (sulfide) groups is 1. The van der Waals surface area contributed by atoms with Gasteiger partial charge < -0.3 is 20.5 Å². The van der Waals surface area contributed by atoms with Crippen molar-refractivity contribution in [1.29, 1.82) is 0 Å². The molecule has 0 fully saturated rings. The SMILES string of the molecule is COc1ccccc1-c1csc(NC(=O)C(Sc2ccc(NC(=O)c3cccc4cccc(C(=O)O)c34)cc2)c2ccccc2)n1. The lowest BCUT2D eigenvalue weighted by Crippen LogP contribution is -2.19. The third kappa shape index (κ3) is 6.63. The van der Waals surface area contributed by atoms with Gasteiger partial charge in [0, 0.05) is 32.5 Å². The summed E-state index contributed by atoms with van der Waals surface area (Å²) in [5.41, 5.74) is 3.24. The molecule has 0 aliphatic carbocycles. The Hall–Kier alpha value is -5.45. The maximum atomic E-state index is 13.6. The van der Waals surface area contributed by atoms with Crippen LogP contribution in [0.15, 0.2) is 126 Å². The molecule has 3 N–H and O–H groups in total. The minimum Gasteiger partial charge on any atom is -0.496 e. The van der Waals surface area contributed by atoms with E-state index in [9.17, 15) is 19.5 Å². The Bertz CT molecular complexity index is 2040. The van der Waals surface area contributed by atoms with E-state index in [1.165, 1.54) is 29.2 Å². The van der Waals surface area contributed by atoms with Gasteiger partial charge in [0.25, 0.3) is 5.91 Å².